The van der Waals surface area contributed by atoms with E-state index >= 15 is 0 Å². The van der Waals surface area contributed by atoms with E-state index < -0.39 is 5.41 Å². The molecular weight excluding hydrogens is 888 g/mol. The summed E-state index contributed by atoms with van der Waals surface area (Å²) in [5.41, 5.74) is 28.3. The fraction of sp³-hybridized carbons (Fsp3) is 0.176. The van der Waals surface area contributed by atoms with E-state index in [2.05, 4.69) is 253 Å². The van der Waals surface area contributed by atoms with Gasteiger partial charge < -0.3 is 9.80 Å². The minimum absolute atomic E-state index is 0.0106. The van der Waals surface area contributed by atoms with Crippen LogP contribution in [0.25, 0.3) is 43.5 Å². The molecule has 348 valence electrons. The lowest BCUT2D eigenvalue weighted by molar-refractivity contribution is 0.588. The summed E-state index contributed by atoms with van der Waals surface area (Å²) < 4.78 is 2.72. The van der Waals surface area contributed by atoms with E-state index in [0.29, 0.717) is 11.8 Å². The molecular formula is C68H57BN2S. The molecule has 0 atom stereocenters. The molecule has 1 aromatic heterocycles. The van der Waals surface area contributed by atoms with Crippen molar-refractivity contribution in [2.45, 2.75) is 78.1 Å². The highest BCUT2D eigenvalue weighted by Crippen LogP contribution is 2.64. The second-order valence-electron chi connectivity index (χ2n) is 22.5. The first kappa shape index (κ1) is 43.4. The summed E-state index contributed by atoms with van der Waals surface area (Å²) in [6.45, 7) is 18.5. The second kappa shape index (κ2) is 15.6. The van der Waals surface area contributed by atoms with Gasteiger partial charge in [0.1, 0.15) is 0 Å². The first-order chi connectivity index (χ1) is 34.9. The molecule has 0 unspecified atom stereocenters. The van der Waals surface area contributed by atoms with Crippen LogP contribution in [0.2, 0.25) is 0 Å². The summed E-state index contributed by atoms with van der Waals surface area (Å²) >= 11 is 2.01. The van der Waals surface area contributed by atoms with Gasteiger partial charge in [0.25, 0.3) is 6.71 Å². The second-order valence-corrected chi connectivity index (χ2v) is 23.6. The fourth-order valence-electron chi connectivity index (χ4n) is 13.1. The van der Waals surface area contributed by atoms with Crippen molar-refractivity contribution in [2.24, 2.45) is 0 Å². The normalized spacial score (nSPS) is 14.4. The number of rotatable bonds is 5. The van der Waals surface area contributed by atoms with Crippen LogP contribution >= 0.6 is 11.3 Å². The SMILES string of the molecule is Cc1cc2c3c(c1)N(c1ccc(C(C)C)cc1)c1c(sc4cc5c(cc14)-c1ccc(C(C)(C)C)cc1C51c4ccccc4-c4ccccc41)B3c1ccc(-c3ccccc3)cc1N2c1ccc(C(C)C)cc1. The molecule has 0 amide bonds. The van der Waals surface area contributed by atoms with Gasteiger partial charge in [0, 0.05) is 43.3 Å². The Hall–Kier alpha value is -7.40. The monoisotopic (exact) mass is 944 g/mol. The van der Waals surface area contributed by atoms with Crippen molar-refractivity contribution < 1.29 is 0 Å². The summed E-state index contributed by atoms with van der Waals surface area (Å²) in [7, 11) is 0. The molecule has 0 radical (unpaired) electrons. The van der Waals surface area contributed by atoms with Crippen molar-refractivity contribution in [3.8, 4) is 33.4 Å². The molecule has 72 heavy (non-hydrogen) atoms. The molecule has 0 saturated carbocycles. The molecule has 14 rings (SSSR count). The van der Waals surface area contributed by atoms with Crippen LogP contribution in [0.4, 0.5) is 34.1 Å². The zero-order chi connectivity index (χ0) is 48.9. The summed E-state index contributed by atoms with van der Waals surface area (Å²) in [6, 6.07) is 73.0. The predicted molar refractivity (Wildman–Crippen MR) is 309 cm³/mol. The van der Waals surface area contributed by atoms with Gasteiger partial charge in [0.2, 0.25) is 0 Å². The Morgan fingerprint density at radius 3 is 1.68 bits per heavy atom. The molecule has 0 saturated heterocycles. The standard InChI is InChI=1S/C68H57BN2S/c1-40(2)43-22-28-48(29-23-43)70-60-36-46(45-16-10-9-11-17-45)26-33-59(60)69-64-61(70)34-42(5)35-62(64)71(49-30-24-44(25-31-49)41(3)4)65-54-38-53-52-32-27-47(67(6,7)8)37-57(52)68(58(53)39-63(54)72-66(65)69)55-20-14-12-18-50(55)51-19-13-15-21-56(51)68/h9-41H,1-8H3. The zero-order valence-corrected chi connectivity index (χ0v) is 43.2. The Balaban J connectivity index is 1.09. The van der Waals surface area contributed by atoms with Crippen LogP contribution < -0.4 is 25.5 Å². The molecule has 4 aliphatic rings. The van der Waals surface area contributed by atoms with E-state index in [4.69, 9.17) is 0 Å². The van der Waals surface area contributed by atoms with Gasteiger partial charge in [-0.2, -0.15) is 0 Å². The zero-order valence-electron chi connectivity index (χ0n) is 42.4. The van der Waals surface area contributed by atoms with Gasteiger partial charge in [-0.05, 0) is 168 Å². The Kier molecular flexibility index (Phi) is 9.37. The number of aryl methyl sites for hydroxylation is 1. The van der Waals surface area contributed by atoms with E-state index in [1.54, 1.807) is 0 Å². The van der Waals surface area contributed by atoms with Crippen molar-refractivity contribution in [3.63, 3.8) is 0 Å². The largest absolute Gasteiger partial charge is 0.311 e. The molecule has 3 heterocycles. The lowest BCUT2D eigenvalue weighted by Crippen LogP contribution is -2.60. The number of fused-ring (bicyclic) bond motifs is 16. The van der Waals surface area contributed by atoms with Crippen LogP contribution in [-0.2, 0) is 10.8 Å². The molecule has 9 aromatic carbocycles. The highest BCUT2D eigenvalue weighted by Gasteiger charge is 2.53. The van der Waals surface area contributed by atoms with Crippen LogP contribution in [0.5, 0.6) is 0 Å². The van der Waals surface area contributed by atoms with Crippen molar-refractivity contribution in [3.05, 3.63) is 233 Å². The number of hydrogen-bond donors (Lipinski definition) is 0. The molecule has 0 N–H and O–H groups in total. The van der Waals surface area contributed by atoms with Crippen molar-refractivity contribution in [2.75, 3.05) is 9.80 Å². The molecule has 10 aromatic rings. The third-order valence-corrected chi connectivity index (χ3v) is 17.8. The molecule has 2 aliphatic carbocycles. The number of hydrogen-bond acceptors (Lipinski definition) is 3. The molecule has 0 bridgehead atoms. The maximum atomic E-state index is 2.64. The molecule has 0 fully saturated rings. The van der Waals surface area contributed by atoms with Gasteiger partial charge in [-0.15, -0.1) is 11.3 Å². The van der Waals surface area contributed by atoms with Crippen LogP contribution in [0.3, 0.4) is 0 Å². The molecule has 2 nitrogen and oxygen atoms in total. The van der Waals surface area contributed by atoms with E-state index in [1.807, 2.05) is 11.3 Å². The quantitative estimate of drug-likeness (QED) is 0.159. The molecule has 1 spiro atoms. The van der Waals surface area contributed by atoms with Crippen molar-refractivity contribution >= 4 is 78.0 Å². The van der Waals surface area contributed by atoms with Crippen molar-refractivity contribution in [1.29, 1.82) is 0 Å². The highest BCUT2D eigenvalue weighted by molar-refractivity contribution is 7.33. The van der Waals surface area contributed by atoms with Gasteiger partial charge in [-0.1, -0.05) is 182 Å². The first-order valence-electron chi connectivity index (χ1n) is 26.0. The third-order valence-electron chi connectivity index (χ3n) is 16.6. The van der Waals surface area contributed by atoms with Crippen LogP contribution in [0, 0.1) is 6.92 Å². The maximum Gasteiger partial charge on any atom is 0.264 e. The number of thiophene rings is 1. The van der Waals surface area contributed by atoms with Gasteiger partial charge in [0.05, 0.1) is 11.1 Å². The van der Waals surface area contributed by atoms with Gasteiger partial charge in [-0.25, -0.2) is 0 Å². The number of benzene rings is 9. The topological polar surface area (TPSA) is 6.48 Å². The predicted octanol–water partition coefficient (Wildman–Crippen LogP) is 16.8. The molecule has 4 heteroatoms. The minimum atomic E-state index is -0.450. The molecule has 2 aliphatic heterocycles. The highest BCUT2D eigenvalue weighted by atomic mass is 32.1. The van der Waals surface area contributed by atoms with Crippen LogP contribution in [-0.4, -0.2) is 6.71 Å². The van der Waals surface area contributed by atoms with Crippen LogP contribution in [0.1, 0.15) is 105 Å². The summed E-state index contributed by atoms with van der Waals surface area (Å²) in [5.74, 6) is 0.876. The van der Waals surface area contributed by atoms with Gasteiger partial charge >= 0.3 is 0 Å². The lowest BCUT2D eigenvalue weighted by atomic mass is 9.36. The van der Waals surface area contributed by atoms with Crippen molar-refractivity contribution in [1.82, 2.24) is 0 Å². The van der Waals surface area contributed by atoms with Gasteiger partial charge in [-0.3, -0.25) is 0 Å². The average Bonchev–Trinajstić information content (AvgIpc) is 4.01. The lowest BCUT2D eigenvalue weighted by Gasteiger charge is -2.43. The van der Waals surface area contributed by atoms with E-state index in [9.17, 15) is 0 Å². The Bertz CT molecular complexity index is 3830. The third kappa shape index (κ3) is 6.02. The fourth-order valence-corrected chi connectivity index (χ4v) is 14.4. The summed E-state index contributed by atoms with van der Waals surface area (Å²) in [6.07, 6.45) is 0. The minimum Gasteiger partial charge on any atom is -0.311 e. The number of nitrogens with zero attached hydrogens (tertiary/aromatic N) is 2. The first-order valence-corrected chi connectivity index (χ1v) is 26.8. The van der Waals surface area contributed by atoms with E-state index in [0.717, 1.165) is 0 Å². The Morgan fingerprint density at radius 2 is 1.06 bits per heavy atom. The van der Waals surface area contributed by atoms with E-state index in [1.165, 1.54) is 138 Å². The number of anilines is 6. The average molecular weight is 945 g/mol. The van der Waals surface area contributed by atoms with Gasteiger partial charge in [0.15, 0.2) is 0 Å². The maximum absolute atomic E-state index is 2.64. The smallest absolute Gasteiger partial charge is 0.264 e. The summed E-state index contributed by atoms with van der Waals surface area (Å²) in [4.78, 5) is 5.22. The van der Waals surface area contributed by atoms with E-state index in [-0.39, 0.29) is 12.1 Å². The Morgan fingerprint density at radius 1 is 0.486 bits per heavy atom. The summed E-state index contributed by atoms with van der Waals surface area (Å²) in [5, 5.41) is 1.31. The van der Waals surface area contributed by atoms with Crippen LogP contribution in [0.15, 0.2) is 188 Å². The Labute approximate surface area is 429 Å².